The Balaban J connectivity index is 2.85. The lowest BCUT2D eigenvalue weighted by molar-refractivity contribution is 0.177. The van der Waals surface area contributed by atoms with Crippen LogP contribution in [0.5, 0.6) is 0 Å². The second-order valence-corrected chi connectivity index (χ2v) is 4.22. The van der Waals surface area contributed by atoms with Crippen LogP contribution in [0, 0.1) is 0 Å². The van der Waals surface area contributed by atoms with Gasteiger partial charge in [-0.05, 0) is 31.0 Å². The summed E-state index contributed by atoms with van der Waals surface area (Å²) in [5, 5.41) is 13.3. The second kappa shape index (κ2) is 5.61. The topological polar surface area (TPSA) is 32.3 Å². The van der Waals surface area contributed by atoms with E-state index < -0.39 is 6.10 Å². The molecule has 0 aliphatic rings. The number of hydrogen-bond acceptors (Lipinski definition) is 3. The first-order chi connectivity index (χ1) is 6.69. The first kappa shape index (κ1) is 11.9. The van der Waals surface area contributed by atoms with Crippen molar-refractivity contribution in [1.29, 1.82) is 0 Å². The van der Waals surface area contributed by atoms with E-state index >= 15 is 0 Å². The zero-order chi connectivity index (χ0) is 10.6. The number of benzene rings is 1. The van der Waals surface area contributed by atoms with Crippen LogP contribution in [0.15, 0.2) is 23.1 Å². The quantitative estimate of drug-likeness (QED) is 0.781. The van der Waals surface area contributed by atoms with Crippen LogP contribution in [0.2, 0.25) is 5.02 Å². The van der Waals surface area contributed by atoms with E-state index in [2.05, 4.69) is 5.32 Å². The third kappa shape index (κ3) is 2.89. The molecular formula is C10H14ClNOS. The molecule has 4 heteroatoms. The molecule has 1 unspecified atom stereocenters. The molecule has 0 radical (unpaired) electrons. The van der Waals surface area contributed by atoms with Crippen molar-refractivity contribution in [2.24, 2.45) is 0 Å². The molecule has 14 heavy (non-hydrogen) atoms. The van der Waals surface area contributed by atoms with Crippen molar-refractivity contribution in [3.05, 3.63) is 28.8 Å². The van der Waals surface area contributed by atoms with Crippen molar-refractivity contribution >= 4 is 23.4 Å². The van der Waals surface area contributed by atoms with Crippen molar-refractivity contribution < 1.29 is 5.11 Å². The van der Waals surface area contributed by atoms with Crippen molar-refractivity contribution in [3.8, 4) is 0 Å². The van der Waals surface area contributed by atoms with Gasteiger partial charge in [0.25, 0.3) is 0 Å². The van der Waals surface area contributed by atoms with Gasteiger partial charge in [-0.15, -0.1) is 11.8 Å². The van der Waals surface area contributed by atoms with Crippen molar-refractivity contribution in [2.45, 2.75) is 11.0 Å². The molecule has 1 aromatic rings. The Kier molecular flexibility index (Phi) is 4.75. The van der Waals surface area contributed by atoms with Crippen LogP contribution >= 0.6 is 23.4 Å². The smallest absolute Gasteiger partial charge is 0.0914 e. The molecule has 0 bridgehead atoms. The van der Waals surface area contributed by atoms with Crippen LogP contribution in [0.3, 0.4) is 0 Å². The highest BCUT2D eigenvalue weighted by molar-refractivity contribution is 7.98. The van der Waals surface area contributed by atoms with Gasteiger partial charge in [0.15, 0.2) is 0 Å². The predicted octanol–water partition coefficient (Wildman–Crippen LogP) is 2.31. The van der Waals surface area contributed by atoms with Crippen LogP contribution in [-0.4, -0.2) is 25.0 Å². The van der Waals surface area contributed by atoms with E-state index in [0.29, 0.717) is 11.6 Å². The Bertz CT molecular complexity index is 306. The van der Waals surface area contributed by atoms with Gasteiger partial charge in [-0.1, -0.05) is 17.7 Å². The summed E-state index contributed by atoms with van der Waals surface area (Å²) in [7, 11) is 1.81. The van der Waals surface area contributed by atoms with E-state index in [1.807, 2.05) is 24.5 Å². The zero-order valence-electron chi connectivity index (χ0n) is 8.25. The molecule has 0 fully saturated rings. The summed E-state index contributed by atoms with van der Waals surface area (Å²) < 4.78 is 0. The number of likely N-dealkylation sites (N-methyl/N-ethyl adjacent to an activating group) is 1. The number of aliphatic hydroxyl groups is 1. The lowest BCUT2D eigenvalue weighted by Crippen LogP contribution is -2.16. The fourth-order valence-corrected chi connectivity index (χ4v) is 2.08. The summed E-state index contributed by atoms with van der Waals surface area (Å²) in [6.45, 7) is 0.537. The average Bonchev–Trinajstić information content (AvgIpc) is 2.18. The predicted molar refractivity (Wildman–Crippen MR) is 62.1 cm³/mol. The van der Waals surface area contributed by atoms with Gasteiger partial charge in [0.05, 0.1) is 11.1 Å². The fourth-order valence-electron chi connectivity index (χ4n) is 1.20. The fraction of sp³-hybridized carbons (Fsp3) is 0.400. The van der Waals surface area contributed by atoms with E-state index in [1.54, 1.807) is 18.8 Å². The Morgan fingerprint density at radius 2 is 2.29 bits per heavy atom. The number of hydrogen-bond donors (Lipinski definition) is 2. The number of nitrogens with one attached hydrogen (secondary N) is 1. The Morgan fingerprint density at radius 3 is 2.79 bits per heavy atom. The number of halogens is 1. The Morgan fingerprint density at radius 1 is 1.57 bits per heavy atom. The van der Waals surface area contributed by atoms with Crippen LogP contribution in [0.1, 0.15) is 11.7 Å². The highest BCUT2D eigenvalue weighted by Crippen LogP contribution is 2.27. The lowest BCUT2D eigenvalue weighted by Gasteiger charge is -2.11. The molecule has 1 atom stereocenters. The highest BCUT2D eigenvalue weighted by atomic mass is 35.5. The minimum absolute atomic E-state index is 0.492. The van der Waals surface area contributed by atoms with Gasteiger partial charge in [0.2, 0.25) is 0 Å². The molecule has 0 saturated heterocycles. The highest BCUT2D eigenvalue weighted by Gasteiger charge is 2.08. The minimum Gasteiger partial charge on any atom is -0.387 e. The maximum Gasteiger partial charge on any atom is 0.0914 e. The summed E-state index contributed by atoms with van der Waals surface area (Å²) in [5.74, 6) is 0. The molecule has 0 heterocycles. The van der Waals surface area contributed by atoms with Crippen LogP contribution in [0.25, 0.3) is 0 Å². The molecule has 0 saturated carbocycles. The van der Waals surface area contributed by atoms with Gasteiger partial charge in [-0.2, -0.15) is 0 Å². The van der Waals surface area contributed by atoms with E-state index in [0.717, 1.165) is 10.5 Å². The van der Waals surface area contributed by atoms with Crippen LogP contribution in [-0.2, 0) is 0 Å². The number of aliphatic hydroxyl groups excluding tert-OH is 1. The van der Waals surface area contributed by atoms with Crippen LogP contribution < -0.4 is 5.32 Å². The molecule has 1 rings (SSSR count). The van der Waals surface area contributed by atoms with Gasteiger partial charge < -0.3 is 10.4 Å². The van der Waals surface area contributed by atoms with E-state index in [9.17, 15) is 5.11 Å². The Labute approximate surface area is 93.7 Å². The molecule has 78 valence electrons. The third-order valence-corrected chi connectivity index (χ3v) is 3.18. The lowest BCUT2D eigenvalue weighted by atomic mass is 10.1. The summed E-state index contributed by atoms with van der Waals surface area (Å²) in [5.41, 5.74) is 0.849. The molecule has 0 aliphatic heterocycles. The molecule has 2 N–H and O–H groups in total. The summed E-state index contributed by atoms with van der Waals surface area (Å²) in [6, 6.07) is 5.65. The largest absolute Gasteiger partial charge is 0.387 e. The first-order valence-electron chi connectivity index (χ1n) is 4.35. The van der Waals surface area contributed by atoms with Crippen LogP contribution in [0.4, 0.5) is 0 Å². The van der Waals surface area contributed by atoms with Gasteiger partial charge in [0, 0.05) is 11.4 Å². The average molecular weight is 232 g/mol. The normalized spacial score (nSPS) is 12.9. The third-order valence-electron chi connectivity index (χ3n) is 1.96. The number of rotatable bonds is 4. The summed E-state index contributed by atoms with van der Waals surface area (Å²) in [4.78, 5) is 1.03. The molecule has 0 spiro atoms. The molecule has 0 aromatic heterocycles. The van der Waals surface area contributed by atoms with E-state index in [4.69, 9.17) is 11.6 Å². The monoisotopic (exact) mass is 231 g/mol. The van der Waals surface area contributed by atoms with Gasteiger partial charge >= 0.3 is 0 Å². The second-order valence-electron chi connectivity index (χ2n) is 2.97. The van der Waals surface area contributed by atoms with Gasteiger partial charge in [-0.3, -0.25) is 0 Å². The van der Waals surface area contributed by atoms with E-state index in [1.165, 1.54) is 0 Å². The van der Waals surface area contributed by atoms with Gasteiger partial charge in [-0.25, -0.2) is 0 Å². The summed E-state index contributed by atoms with van der Waals surface area (Å²) >= 11 is 7.62. The van der Waals surface area contributed by atoms with E-state index in [-0.39, 0.29) is 0 Å². The molecule has 0 amide bonds. The Hall–Kier alpha value is -0.220. The zero-order valence-corrected chi connectivity index (χ0v) is 9.82. The SMILES string of the molecule is CNCC(O)c1ccc(SC)c(Cl)c1. The molecule has 2 nitrogen and oxygen atoms in total. The summed E-state index contributed by atoms with van der Waals surface area (Å²) in [6.07, 6.45) is 1.48. The molecule has 0 aliphatic carbocycles. The standard InChI is InChI=1S/C10H14ClNOS/c1-12-6-9(13)7-3-4-10(14-2)8(11)5-7/h3-5,9,12-13H,6H2,1-2H3. The maximum atomic E-state index is 9.68. The molecule has 1 aromatic carbocycles. The first-order valence-corrected chi connectivity index (χ1v) is 5.95. The van der Waals surface area contributed by atoms with Crippen molar-refractivity contribution in [2.75, 3.05) is 19.8 Å². The minimum atomic E-state index is -0.492. The van der Waals surface area contributed by atoms with Gasteiger partial charge in [0.1, 0.15) is 0 Å². The van der Waals surface area contributed by atoms with Crippen molar-refractivity contribution in [1.82, 2.24) is 5.32 Å². The number of thioether (sulfide) groups is 1. The maximum absolute atomic E-state index is 9.68. The molecular weight excluding hydrogens is 218 g/mol. The van der Waals surface area contributed by atoms with Crippen molar-refractivity contribution in [3.63, 3.8) is 0 Å².